The van der Waals surface area contributed by atoms with Crippen LogP contribution in [0.3, 0.4) is 0 Å². The van der Waals surface area contributed by atoms with Crippen molar-refractivity contribution in [2.75, 3.05) is 6.61 Å². The van der Waals surface area contributed by atoms with Crippen LogP contribution in [0.2, 0.25) is 5.02 Å². The van der Waals surface area contributed by atoms with Gasteiger partial charge in [0, 0.05) is 11.4 Å². The number of fused-ring (bicyclic) bond motifs is 3. The maximum absolute atomic E-state index is 13.5. The van der Waals surface area contributed by atoms with Crippen LogP contribution < -0.4 is 26.0 Å². The fraction of sp³-hybridized carbons (Fsp3) is 0.419. The van der Waals surface area contributed by atoms with Crippen LogP contribution >= 0.6 is 11.6 Å². The molecular formula is C31H38ClN7O6. The third-order valence-corrected chi connectivity index (χ3v) is 7.48. The average Bonchev–Trinajstić information content (AvgIpc) is 3.48. The molecule has 0 fully saturated rings. The van der Waals surface area contributed by atoms with Crippen molar-refractivity contribution in [2.45, 2.75) is 76.8 Å². The van der Waals surface area contributed by atoms with Crippen molar-refractivity contribution in [3.05, 3.63) is 76.6 Å². The first-order chi connectivity index (χ1) is 21.6. The Balaban J connectivity index is 1.66. The molecule has 13 nitrogen and oxygen atoms in total. The van der Waals surface area contributed by atoms with Crippen molar-refractivity contribution in [1.29, 1.82) is 0 Å². The molecule has 4 rings (SSSR count). The summed E-state index contributed by atoms with van der Waals surface area (Å²) in [6.07, 6.45) is 2.10. The van der Waals surface area contributed by atoms with Crippen LogP contribution in [-0.2, 0) is 33.9 Å². The van der Waals surface area contributed by atoms with Gasteiger partial charge in [0.1, 0.15) is 36.2 Å². The predicted molar refractivity (Wildman–Crippen MR) is 165 cm³/mol. The highest BCUT2D eigenvalue weighted by Crippen LogP contribution is 2.23. The Morgan fingerprint density at radius 2 is 1.80 bits per heavy atom. The van der Waals surface area contributed by atoms with E-state index >= 15 is 0 Å². The van der Waals surface area contributed by atoms with Crippen LogP contribution in [0.4, 0.5) is 0 Å². The smallest absolute Gasteiger partial charge is 0.255 e. The van der Waals surface area contributed by atoms with Gasteiger partial charge in [-0.05, 0) is 37.1 Å². The average molecular weight is 640 g/mol. The lowest BCUT2D eigenvalue weighted by Gasteiger charge is -2.27. The summed E-state index contributed by atoms with van der Waals surface area (Å²) >= 11 is 6.20. The van der Waals surface area contributed by atoms with E-state index in [1.54, 1.807) is 18.3 Å². The van der Waals surface area contributed by atoms with E-state index in [1.165, 1.54) is 17.7 Å². The second kappa shape index (κ2) is 16.0. The van der Waals surface area contributed by atoms with Crippen LogP contribution in [0.1, 0.15) is 54.7 Å². The number of unbranched alkanes of at least 4 members (excludes halogenated alkanes) is 1. The van der Waals surface area contributed by atoms with Crippen LogP contribution in [0, 0.1) is 0 Å². The van der Waals surface area contributed by atoms with E-state index in [2.05, 4.69) is 31.6 Å². The van der Waals surface area contributed by atoms with E-state index in [9.17, 15) is 24.3 Å². The summed E-state index contributed by atoms with van der Waals surface area (Å²) in [5.74, 6) is -2.27. The van der Waals surface area contributed by atoms with E-state index in [1.807, 2.05) is 37.3 Å². The van der Waals surface area contributed by atoms with Crippen LogP contribution in [-0.4, -0.2) is 74.6 Å². The van der Waals surface area contributed by atoms with Gasteiger partial charge in [-0.25, -0.2) is 4.68 Å². The van der Waals surface area contributed by atoms with Gasteiger partial charge in [0.05, 0.1) is 31.0 Å². The Morgan fingerprint density at radius 1 is 1.02 bits per heavy atom. The summed E-state index contributed by atoms with van der Waals surface area (Å²) in [6.45, 7) is 3.76. The molecule has 4 atom stereocenters. The highest BCUT2D eigenvalue weighted by atomic mass is 35.5. The summed E-state index contributed by atoms with van der Waals surface area (Å²) < 4.78 is 7.43. The summed E-state index contributed by atoms with van der Waals surface area (Å²) in [5.41, 5.74) is 1.39. The summed E-state index contributed by atoms with van der Waals surface area (Å²) in [6, 6.07) is 10.2. The number of aromatic nitrogens is 3. The molecule has 1 aliphatic heterocycles. The molecule has 0 saturated carbocycles. The first-order valence-corrected chi connectivity index (χ1v) is 15.2. The second-order valence-electron chi connectivity index (χ2n) is 10.8. The first kappa shape index (κ1) is 33.4. The largest absolute Gasteiger partial charge is 0.491 e. The highest BCUT2D eigenvalue weighted by molar-refractivity contribution is 6.31. The number of rotatable bonds is 6. The summed E-state index contributed by atoms with van der Waals surface area (Å²) in [7, 11) is 0. The van der Waals surface area contributed by atoms with E-state index in [4.69, 9.17) is 16.3 Å². The minimum Gasteiger partial charge on any atom is -0.491 e. The van der Waals surface area contributed by atoms with Crippen molar-refractivity contribution >= 4 is 35.2 Å². The van der Waals surface area contributed by atoms with Crippen LogP contribution in [0.5, 0.6) is 5.75 Å². The topological polar surface area (TPSA) is 177 Å². The van der Waals surface area contributed by atoms with Crippen LogP contribution in [0.15, 0.2) is 54.7 Å². The Morgan fingerprint density at radius 3 is 2.53 bits per heavy atom. The number of nitrogens with zero attached hydrogens (tertiary/aromatic N) is 3. The third kappa shape index (κ3) is 9.50. The lowest BCUT2D eigenvalue weighted by atomic mass is 10.0. The van der Waals surface area contributed by atoms with Gasteiger partial charge in [0.25, 0.3) is 5.91 Å². The fourth-order valence-electron chi connectivity index (χ4n) is 4.78. The SMILES string of the molecule is CCCC[C@@H]1NC(=O)c2cc(Cl)ccc2OCCn2cc(nn2)CNC(=O)[C@@H](Cc2ccccc2)NC(=O)[C@H]([C@@H](C)O)NC1=O. The molecule has 2 heterocycles. The van der Waals surface area contributed by atoms with E-state index in [0.717, 1.165) is 12.0 Å². The second-order valence-corrected chi connectivity index (χ2v) is 11.3. The maximum Gasteiger partial charge on any atom is 0.255 e. The molecule has 2 bridgehead atoms. The summed E-state index contributed by atoms with van der Waals surface area (Å²) in [5, 5.41) is 29.8. The number of aliphatic hydroxyl groups is 1. The number of hydrogen-bond acceptors (Lipinski definition) is 8. The molecule has 1 aromatic heterocycles. The first-order valence-electron chi connectivity index (χ1n) is 14.9. The van der Waals surface area contributed by atoms with Gasteiger partial charge in [-0.1, -0.05) is 66.9 Å². The van der Waals surface area contributed by atoms with Gasteiger partial charge in [-0.2, -0.15) is 0 Å². The predicted octanol–water partition coefficient (Wildman–Crippen LogP) is 1.52. The van der Waals surface area contributed by atoms with Crippen molar-refractivity contribution < 1.29 is 29.0 Å². The van der Waals surface area contributed by atoms with Crippen molar-refractivity contribution in [1.82, 2.24) is 36.3 Å². The quantitative estimate of drug-likeness (QED) is 0.270. The zero-order valence-corrected chi connectivity index (χ0v) is 25.9. The number of amides is 4. The van der Waals surface area contributed by atoms with Gasteiger partial charge < -0.3 is 31.1 Å². The number of aliphatic hydroxyl groups excluding tert-OH is 1. The molecule has 0 unspecified atom stereocenters. The molecule has 240 valence electrons. The minimum absolute atomic E-state index is 0.0397. The zero-order chi connectivity index (χ0) is 32.3. The zero-order valence-electron chi connectivity index (χ0n) is 25.2. The standard InChI is InChI=1S/C31H38ClN7O6/c1-3-4-10-24-30(43)36-27(19(2)40)31(44)35-25(15-20-8-6-5-7-9-20)29(42)33-17-22-18-39(38-37-22)13-14-45-26-12-11-21(32)16-23(26)28(41)34-24/h5-9,11-12,16,18-19,24-25,27,40H,3-4,10,13-15,17H2,1-2H3,(H,33,42)(H,34,41)(H,35,44)(H,36,43)/t19-,24+,25-,27+/m1/s1. The molecule has 14 heteroatoms. The Labute approximate surface area is 266 Å². The third-order valence-electron chi connectivity index (χ3n) is 7.24. The number of benzene rings is 2. The Bertz CT molecular complexity index is 1480. The molecule has 0 saturated heterocycles. The summed E-state index contributed by atoms with van der Waals surface area (Å²) in [4.78, 5) is 53.8. The fourth-order valence-corrected chi connectivity index (χ4v) is 4.95. The van der Waals surface area contributed by atoms with Gasteiger partial charge in [0.2, 0.25) is 17.7 Å². The molecule has 45 heavy (non-hydrogen) atoms. The van der Waals surface area contributed by atoms with Crippen molar-refractivity contribution in [2.24, 2.45) is 0 Å². The van der Waals surface area contributed by atoms with Gasteiger partial charge in [-0.15, -0.1) is 5.10 Å². The van der Waals surface area contributed by atoms with E-state index in [0.29, 0.717) is 23.7 Å². The van der Waals surface area contributed by atoms with Crippen LogP contribution in [0.25, 0.3) is 0 Å². The van der Waals surface area contributed by atoms with Gasteiger partial charge in [0.15, 0.2) is 0 Å². The van der Waals surface area contributed by atoms with Gasteiger partial charge in [-0.3, -0.25) is 19.2 Å². The maximum atomic E-state index is 13.5. The van der Waals surface area contributed by atoms with E-state index in [-0.39, 0.29) is 37.3 Å². The number of nitrogens with one attached hydrogen (secondary N) is 4. The highest BCUT2D eigenvalue weighted by Gasteiger charge is 2.33. The minimum atomic E-state index is -1.42. The van der Waals surface area contributed by atoms with E-state index < -0.39 is 47.9 Å². The number of hydrogen-bond donors (Lipinski definition) is 5. The molecule has 5 N–H and O–H groups in total. The number of carbonyl (C=O) groups is 4. The number of carbonyl (C=O) groups excluding carboxylic acids is 4. The molecule has 0 radical (unpaired) electrons. The lowest BCUT2D eigenvalue weighted by molar-refractivity contribution is -0.134. The number of halogens is 1. The normalized spacial score (nSPS) is 20.8. The molecule has 3 aromatic rings. The number of ether oxygens (including phenoxy) is 1. The molecule has 0 spiro atoms. The lowest BCUT2D eigenvalue weighted by Crippen LogP contribution is -2.60. The van der Waals surface area contributed by atoms with Gasteiger partial charge >= 0.3 is 0 Å². The molecule has 1 aliphatic rings. The Hall–Kier alpha value is -4.49. The molecular weight excluding hydrogens is 602 g/mol. The van der Waals surface area contributed by atoms with Crippen molar-refractivity contribution in [3.63, 3.8) is 0 Å². The van der Waals surface area contributed by atoms with Crippen molar-refractivity contribution in [3.8, 4) is 5.75 Å². The molecule has 2 aromatic carbocycles. The molecule has 4 amide bonds. The monoisotopic (exact) mass is 639 g/mol. The molecule has 0 aliphatic carbocycles. The Kier molecular flexibility index (Phi) is 11.9.